The predicted octanol–water partition coefficient (Wildman–Crippen LogP) is 6.29. The van der Waals surface area contributed by atoms with E-state index in [4.69, 9.17) is 14.2 Å². The van der Waals surface area contributed by atoms with Gasteiger partial charge >= 0.3 is 5.51 Å². The van der Waals surface area contributed by atoms with E-state index in [1.54, 1.807) is 30.3 Å². The Morgan fingerprint density at radius 3 is 2.39 bits per heavy atom. The number of halogens is 3. The van der Waals surface area contributed by atoms with E-state index in [2.05, 4.69) is 4.90 Å². The minimum Gasteiger partial charge on any atom is -0.493 e. The number of fused-ring (bicyclic) bond motifs is 1. The second kappa shape index (κ2) is 12.3. The summed E-state index contributed by atoms with van der Waals surface area (Å²) < 4.78 is 80.8. The average Bonchev–Trinajstić information content (AvgIpc) is 3.41. The third-order valence-corrected chi connectivity index (χ3v) is 9.76. The van der Waals surface area contributed by atoms with E-state index < -0.39 is 38.2 Å². The van der Waals surface area contributed by atoms with E-state index >= 15 is 0 Å². The van der Waals surface area contributed by atoms with Gasteiger partial charge in [0.2, 0.25) is 0 Å². The van der Waals surface area contributed by atoms with Gasteiger partial charge in [0.05, 0.1) is 31.2 Å². The fourth-order valence-corrected chi connectivity index (χ4v) is 7.04. The second-order valence-corrected chi connectivity index (χ2v) is 12.8. The Labute approximate surface area is 255 Å². The normalized spacial score (nSPS) is 14.7. The van der Waals surface area contributed by atoms with Crippen LogP contribution in [0.1, 0.15) is 37.6 Å². The Balaban J connectivity index is 1.53. The molecule has 2 aromatic carbocycles. The fourth-order valence-electron chi connectivity index (χ4n) is 4.79. The number of benzene rings is 2. The number of nitrogens with zero attached hydrogens (tertiary/aromatic N) is 1. The van der Waals surface area contributed by atoms with E-state index in [1.165, 1.54) is 26.4 Å². The number of allylic oxidation sites excluding steroid dienone is 3. The molecule has 3 aromatic rings. The van der Waals surface area contributed by atoms with E-state index in [0.29, 0.717) is 36.0 Å². The highest BCUT2D eigenvalue weighted by Gasteiger charge is 2.49. The number of carbonyl (C=O) groups excluding carboxylic acids is 2. The topological polar surface area (TPSA) is 99.2 Å². The van der Waals surface area contributed by atoms with Gasteiger partial charge < -0.3 is 19.1 Å². The molecule has 2 aliphatic rings. The van der Waals surface area contributed by atoms with Gasteiger partial charge in [0, 0.05) is 33.8 Å². The number of methoxy groups -OCH3 is 2. The Morgan fingerprint density at radius 2 is 1.75 bits per heavy atom. The van der Waals surface area contributed by atoms with Crippen molar-refractivity contribution in [3.8, 4) is 27.7 Å². The van der Waals surface area contributed by atoms with Crippen molar-refractivity contribution in [2.75, 3.05) is 33.9 Å². The molecule has 2 heterocycles. The van der Waals surface area contributed by atoms with Gasteiger partial charge in [-0.3, -0.25) is 9.59 Å². The lowest BCUT2D eigenvalue weighted by atomic mass is 9.91. The van der Waals surface area contributed by atoms with Crippen LogP contribution < -0.4 is 14.2 Å². The van der Waals surface area contributed by atoms with Crippen LogP contribution in [0.15, 0.2) is 71.8 Å². The van der Waals surface area contributed by atoms with Crippen LogP contribution in [0.2, 0.25) is 0 Å². The van der Waals surface area contributed by atoms with Gasteiger partial charge in [-0.25, -0.2) is 8.42 Å². The number of hydrogen-bond acceptors (Lipinski definition) is 9. The SMILES string of the molecule is COc1ccc(-c2sc3c(c2C(=O)c2ccc(OCCN4C=CC=CC4)cc2)C(=O)CC(S(=O)(=O)C(F)(F)F)=C3)cc1OC. The molecule has 0 amide bonds. The van der Waals surface area contributed by atoms with Crippen molar-refractivity contribution in [1.29, 1.82) is 0 Å². The summed E-state index contributed by atoms with van der Waals surface area (Å²) in [6, 6.07) is 11.1. The molecule has 0 saturated carbocycles. The molecule has 1 aliphatic heterocycles. The molecule has 0 saturated heterocycles. The lowest BCUT2D eigenvalue weighted by Crippen LogP contribution is -2.27. The zero-order valence-corrected chi connectivity index (χ0v) is 25.1. The number of carbonyl (C=O) groups is 2. The predicted molar refractivity (Wildman–Crippen MR) is 160 cm³/mol. The summed E-state index contributed by atoms with van der Waals surface area (Å²) in [5.74, 6) is -0.240. The summed E-state index contributed by atoms with van der Waals surface area (Å²) in [6.07, 6.45) is 7.68. The molecule has 0 fully saturated rings. The van der Waals surface area contributed by atoms with Gasteiger partial charge in [-0.1, -0.05) is 12.2 Å². The van der Waals surface area contributed by atoms with E-state index in [9.17, 15) is 31.2 Å². The maximum Gasteiger partial charge on any atom is 0.501 e. The molecule has 8 nitrogen and oxygen atoms in total. The standard InChI is InChI=1S/C31H26F3NO7S2/c1-40-24-11-8-20(16-25(24)41-2)30-28(27-23(36)17-22(18-26(27)43-30)44(38,39)31(32,33)34)29(37)19-6-9-21(10-7-19)42-15-14-35-12-4-3-5-13-35/h3-12,16,18H,13-15,17H2,1-2H3. The van der Waals surface area contributed by atoms with Crippen molar-refractivity contribution in [1.82, 2.24) is 4.90 Å². The number of hydrogen-bond donors (Lipinski definition) is 0. The monoisotopic (exact) mass is 645 g/mol. The minimum absolute atomic E-state index is 0.0412. The van der Waals surface area contributed by atoms with Crippen LogP contribution in [0.3, 0.4) is 0 Å². The van der Waals surface area contributed by atoms with Crippen molar-refractivity contribution in [2.45, 2.75) is 11.9 Å². The molecule has 1 aromatic heterocycles. The highest BCUT2D eigenvalue weighted by Crippen LogP contribution is 2.46. The van der Waals surface area contributed by atoms with E-state index in [1.807, 2.05) is 24.4 Å². The first-order valence-electron chi connectivity index (χ1n) is 13.2. The zero-order chi connectivity index (χ0) is 31.6. The summed E-state index contributed by atoms with van der Waals surface area (Å²) in [5, 5.41) is 0. The van der Waals surface area contributed by atoms with Crippen LogP contribution in [0.5, 0.6) is 17.2 Å². The van der Waals surface area contributed by atoms with Gasteiger partial charge in [0.15, 0.2) is 23.1 Å². The number of sulfone groups is 1. The third kappa shape index (κ3) is 6.02. The summed E-state index contributed by atoms with van der Waals surface area (Å²) in [6.45, 7) is 1.83. The number of alkyl halides is 3. The molecule has 0 spiro atoms. The van der Waals surface area contributed by atoms with Gasteiger partial charge in [-0.2, -0.15) is 13.2 Å². The first-order chi connectivity index (χ1) is 20.9. The Morgan fingerprint density at radius 1 is 1.02 bits per heavy atom. The number of rotatable bonds is 10. The van der Waals surface area contributed by atoms with Crippen molar-refractivity contribution in [2.24, 2.45) is 0 Å². The highest BCUT2D eigenvalue weighted by molar-refractivity contribution is 7.96. The fraction of sp³-hybridized carbons (Fsp3) is 0.226. The van der Waals surface area contributed by atoms with Crippen LogP contribution >= 0.6 is 11.3 Å². The molecule has 0 unspecified atom stereocenters. The van der Waals surface area contributed by atoms with Crippen LogP contribution in [0.4, 0.5) is 13.2 Å². The number of Topliss-reactive ketones (excluding diaryl/α,β-unsaturated/α-hetero) is 1. The first kappa shape index (κ1) is 31.1. The van der Waals surface area contributed by atoms with Gasteiger partial charge in [0.25, 0.3) is 9.84 Å². The van der Waals surface area contributed by atoms with Crippen molar-refractivity contribution >= 4 is 38.8 Å². The maximum absolute atomic E-state index is 14.0. The number of ether oxygens (including phenoxy) is 3. The van der Waals surface area contributed by atoms with Gasteiger partial charge in [-0.15, -0.1) is 11.3 Å². The van der Waals surface area contributed by atoms with Crippen LogP contribution in [-0.4, -0.2) is 64.3 Å². The average molecular weight is 646 g/mol. The van der Waals surface area contributed by atoms with Crippen molar-refractivity contribution in [3.05, 3.63) is 93.4 Å². The van der Waals surface area contributed by atoms with Crippen molar-refractivity contribution < 1.29 is 45.4 Å². The van der Waals surface area contributed by atoms with Crippen LogP contribution in [0, 0.1) is 0 Å². The van der Waals surface area contributed by atoms with Gasteiger partial charge in [-0.05, 0) is 66.4 Å². The zero-order valence-electron chi connectivity index (χ0n) is 23.5. The Bertz CT molecular complexity index is 1800. The largest absolute Gasteiger partial charge is 0.501 e. The number of ketones is 2. The highest BCUT2D eigenvalue weighted by atomic mass is 32.2. The number of thiophene rings is 1. The van der Waals surface area contributed by atoms with Gasteiger partial charge in [0.1, 0.15) is 12.4 Å². The lowest BCUT2D eigenvalue weighted by molar-refractivity contribution is -0.0426. The Hall–Kier alpha value is -4.36. The molecule has 5 rings (SSSR count). The summed E-state index contributed by atoms with van der Waals surface area (Å²) in [5.41, 5.74) is -5.12. The van der Waals surface area contributed by atoms with Crippen molar-refractivity contribution in [3.63, 3.8) is 0 Å². The quantitative estimate of drug-likeness (QED) is 0.237. The Kier molecular flexibility index (Phi) is 8.71. The third-order valence-electron chi connectivity index (χ3n) is 7.01. The molecular formula is C31H26F3NO7S2. The molecule has 13 heteroatoms. The summed E-state index contributed by atoms with van der Waals surface area (Å²) in [7, 11) is -2.90. The van der Waals surface area contributed by atoms with E-state index in [-0.39, 0.29) is 26.4 Å². The molecule has 0 N–H and O–H groups in total. The molecule has 230 valence electrons. The minimum atomic E-state index is -5.75. The van der Waals surface area contributed by atoms with E-state index in [0.717, 1.165) is 24.0 Å². The molecule has 44 heavy (non-hydrogen) atoms. The second-order valence-electron chi connectivity index (χ2n) is 9.74. The maximum atomic E-state index is 14.0. The smallest absolute Gasteiger partial charge is 0.493 e. The first-order valence-corrected chi connectivity index (χ1v) is 15.5. The molecular weight excluding hydrogens is 619 g/mol. The molecule has 0 radical (unpaired) electrons. The molecule has 0 bridgehead atoms. The summed E-state index contributed by atoms with van der Waals surface area (Å²) >= 11 is 0.847. The van der Waals surface area contributed by atoms with Crippen LogP contribution in [-0.2, 0) is 9.84 Å². The lowest BCUT2D eigenvalue weighted by Gasteiger charge is -2.20. The molecule has 1 aliphatic carbocycles. The summed E-state index contributed by atoms with van der Waals surface area (Å²) in [4.78, 5) is 28.5. The molecule has 0 atom stereocenters. The van der Waals surface area contributed by atoms with Crippen LogP contribution in [0.25, 0.3) is 16.5 Å².